The molecule has 5 nitrogen and oxygen atoms in total. The smallest absolute Gasteiger partial charge is 0.259 e. The number of rotatable bonds is 0. The van der Waals surface area contributed by atoms with Crippen LogP contribution in [0.4, 0.5) is 0 Å². The van der Waals surface area contributed by atoms with Crippen molar-refractivity contribution in [3.05, 3.63) is 29.8 Å². The molecule has 2 atom stereocenters. The van der Waals surface area contributed by atoms with Gasteiger partial charge in [0, 0.05) is 17.0 Å². The van der Waals surface area contributed by atoms with Crippen molar-refractivity contribution in [3.63, 3.8) is 0 Å². The number of benzene rings is 1. The zero-order chi connectivity index (χ0) is 15.3. The second-order valence-corrected chi connectivity index (χ2v) is 6.76. The van der Waals surface area contributed by atoms with E-state index in [4.69, 9.17) is 9.73 Å². The third-order valence-electron chi connectivity index (χ3n) is 3.86. The second-order valence-electron chi connectivity index (χ2n) is 6.76. The molecule has 1 aromatic carbocycles. The molecule has 2 N–H and O–H groups in total. The zero-order valence-electron chi connectivity index (χ0n) is 12.9. The molecule has 21 heavy (non-hydrogen) atoms. The Labute approximate surface area is 124 Å². The van der Waals surface area contributed by atoms with Crippen molar-refractivity contribution in [2.24, 2.45) is 10.9 Å². The summed E-state index contributed by atoms with van der Waals surface area (Å²) in [5, 5.41) is 6.14. The quantitative estimate of drug-likeness (QED) is 0.764. The first-order valence-corrected chi connectivity index (χ1v) is 7.25. The van der Waals surface area contributed by atoms with Crippen LogP contribution in [0, 0.1) is 5.92 Å². The molecule has 0 saturated carbocycles. The van der Waals surface area contributed by atoms with Crippen LogP contribution in [0.2, 0.25) is 0 Å². The number of hydrogen-bond donors (Lipinski definition) is 2. The lowest BCUT2D eigenvalue weighted by Gasteiger charge is -2.36. The summed E-state index contributed by atoms with van der Waals surface area (Å²) in [6.07, 6.45) is 0. The van der Waals surface area contributed by atoms with E-state index in [0.717, 1.165) is 11.3 Å². The maximum Gasteiger partial charge on any atom is 0.259 e. The molecule has 2 heterocycles. The molecule has 0 aliphatic carbocycles. The predicted octanol–water partition coefficient (Wildman–Crippen LogP) is 1.78. The van der Waals surface area contributed by atoms with Gasteiger partial charge in [0.05, 0.1) is 6.61 Å². The molecule has 0 aromatic heterocycles. The number of aliphatic imine (C=N–C) groups is 1. The molecule has 0 fully saturated rings. The van der Waals surface area contributed by atoms with E-state index in [1.165, 1.54) is 0 Å². The fourth-order valence-corrected chi connectivity index (χ4v) is 2.90. The lowest BCUT2D eigenvalue weighted by molar-refractivity contribution is -0.126. The molecule has 1 spiro atoms. The Balaban J connectivity index is 2.09. The molecule has 5 heteroatoms. The monoisotopic (exact) mass is 287 g/mol. The third-order valence-corrected chi connectivity index (χ3v) is 3.86. The van der Waals surface area contributed by atoms with Crippen molar-refractivity contribution in [2.45, 2.75) is 38.8 Å². The molecule has 0 bridgehead atoms. The van der Waals surface area contributed by atoms with Crippen molar-refractivity contribution in [1.82, 2.24) is 10.6 Å². The maximum atomic E-state index is 12.7. The maximum absolute atomic E-state index is 12.7. The number of guanidine groups is 1. The number of fused-ring (bicyclic) bond motifs is 2. The van der Waals surface area contributed by atoms with E-state index in [1.807, 2.05) is 52.0 Å². The third kappa shape index (κ3) is 2.17. The number of carbonyl (C=O) groups is 1. The summed E-state index contributed by atoms with van der Waals surface area (Å²) in [5.41, 5.74) is -0.208. The van der Waals surface area contributed by atoms with E-state index in [2.05, 4.69) is 10.6 Å². The minimum Gasteiger partial charge on any atom is -0.493 e. The number of amides is 1. The highest BCUT2D eigenvalue weighted by Crippen LogP contribution is 2.45. The van der Waals surface area contributed by atoms with Crippen LogP contribution in [0.5, 0.6) is 5.75 Å². The molecule has 2 aliphatic heterocycles. The summed E-state index contributed by atoms with van der Waals surface area (Å²) >= 11 is 0. The van der Waals surface area contributed by atoms with Gasteiger partial charge in [-0.25, -0.2) is 4.99 Å². The van der Waals surface area contributed by atoms with Crippen LogP contribution >= 0.6 is 0 Å². The molecule has 1 aromatic rings. The van der Waals surface area contributed by atoms with E-state index in [1.54, 1.807) is 0 Å². The fraction of sp³-hybridized carbons (Fsp3) is 0.500. The van der Waals surface area contributed by atoms with Gasteiger partial charge in [-0.1, -0.05) is 25.1 Å². The van der Waals surface area contributed by atoms with Crippen LogP contribution < -0.4 is 15.4 Å². The highest BCUT2D eigenvalue weighted by molar-refractivity contribution is 6.08. The van der Waals surface area contributed by atoms with Crippen molar-refractivity contribution < 1.29 is 9.53 Å². The molecule has 0 radical (unpaired) electrons. The van der Waals surface area contributed by atoms with Crippen molar-refractivity contribution in [2.75, 3.05) is 6.61 Å². The standard InChI is InChI=1S/C16H21N3O2/c1-10-9-21-12-8-6-5-7-11(12)16(10)13(20)17-14(19-16)18-15(2,3)4/h5-8,10H,9H2,1-4H3,(H2,17,18,19,20). The van der Waals surface area contributed by atoms with Crippen LogP contribution in [0.25, 0.3) is 0 Å². The summed E-state index contributed by atoms with van der Waals surface area (Å²) in [7, 11) is 0. The first-order valence-electron chi connectivity index (χ1n) is 7.25. The van der Waals surface area contributed by atoms with Crippen LogP contribution in [-0.4, -0.2) is 24.0 Å². The Morgan fingerprint density at radius 1 is 1.38 bits per heavy atom. The number of ether oxygens (including phenoxy) is 1. The second kappa shape index (κ2) is 4.48. The lowest BCUT2D eigenvalue weighted by atomic mass is 9.77. The molecular weight excluding hydrogens is 266 g/mol. The topological polar surface area (TPSA) is 62.7 Å². The highest BCUT2D eigenvalue weighted by atomic mass is 16.5. The summed E-state index contributed by atoms with van der Waals surface area (Å²) in [6.45, 7) is 8.59. The Kier molecular flexibility index (Phi) is 2.97. The number of nitrogens with zero attached hydrogens (tertiary/aromatic N) is 1. The average molecular weight is 287 g/mol. The number of nitrogens with one attached hydrogen (secondary N) is 2. The van der Waals surface area contributed by atoms with Gasteiger partial charge in [0.15, 0.2) is 11.5 Å². The molecule has 0 saturated heterocycles. The van der Waals surface area contributed by atoms with E-state index in [0.29, 0.717) is 12.6 Å². The Morgan fingerprint density at radius 3 is 2.81 bits per heavy atom. The molecule has 3 rings (SSSR count). The Bertz CT molecular complexity index is 618. The first kappa shape index (κ1) is 13.9. The highest BCUT2D eigenvalue weighted by Gasteiger charge is 2.53. The minimum absolute atomic E-state index is 0.0216. The van der Waals surface area contributed by atoms with Gasteiger partial charge >= 0.3 is 0 Å². The van der Waals surface area contributed by atoms with E-state index in [-0.39, 0.29) is 17.4 Å². The van der Waals surface area contributed by atoms with Crippen molar-refractivity contribution in [1.29, 1.82) is 0 Å². The van der Waals surface area contributed by atoms with Gasteiger partial charge in [-0.05, 0) is 26.8 Å². The number of carbonyl (C=O) groups excluding carboxylic acids is 1. The zero-order valence-corrected chi connectivity index (χ0v) is 12.9. The lowest BCUT2D eigenvalue weighted by Crippen LogP contribution is -2.49. The van der Waals surface area contributed by atoms with E-state index < -0.39 is 5.54 Å². The van der Waals surface area contributed by atoms with Crippen molar-refractivity contribution in [3.8, 4) is 5.75 Å². The fourth-order valence-electron chi connectivity index (χ4n) is 2.90. The van der Waals surface area contributed by atoms with Gasteiger partial charge in [0.2, 0.25) is 0 Å². The summed E-state index contributed by atoms with van der Waals surface area (Å²) in [5.74, 6) is 1.17. The van der Waals surface area contributed by atoms with Gasteiger partial charge < -0.3 is 10.1 Å². The Hall–Kier alpha value is -2.04. The molecule has 112 valence electrons. The van der Waals surface area contributed by atoms with Gasteiger partial charge in [0.25, 0.3) is 5.91 Å². The van der Waals surface area contributed by atoms with Gasteiger partial charge in [-0.3, -0.25) is 10.1 Å². The number of para-hydroxylation sites is 1. The predicted molar refractivity (Wildman–Crippen MR) is 81.2 cm³/mol. The summed E-state index contributed by atoms with van der Waals surface area (Å²) in [4.78, 5) is 17.4. The molecular formula is C16H21N3O2. The van der Waals surface area contributed by atoms with Gasteiger partial charge in [-0.2, -0.15) is 0 Å². The molecule has 2 aliphatic rings. The average Bonchev–Trinajstić information content (AvgIpc) is 2.70. The number of hydrogen-bond acceptors (Lipinski definition) is 4. The Morgan fingerprint density at radius 2 is 2.10 bits per heavy atom. The molecule has 2 unspecified atom stereocenters. The van der Waals surface area contributed by atoms with E-state index in [9.17, 15) is 4.79 Å². The normalized spacial score (nSPS) is 27.7. The van der Waals surface area contributed by atoms with Crippen molar-refractivity contribution >= 4 is 11.9 Å². The van der Waals surface area contributed by atoms with Gasteiger partial charge in [-0.15, -0.1) is 0 Å². The summed E-state index contributed by atoms with van der Waals surface area (Å²) in [6, 6.07) is 7.64. The van der Waals surface area contributed by atoms with Crippen LogP contribution in [0.3, 0.4) is 0 Å². The SMILES string of the molecule is CC1COc2ccccc2C12N=C(NC(C)(C)C)NC2=O. The largest absolute Gasteiger partial charge is 0.493 e. The van der Waals surface area contributed by atoms with E-state index >= 15 is 0 Å². The minimum atomic E-state index is -0.886. The first-order chi connectivity index (χ1) is 9.83. The van der Waals surface area contributed by atoms with Crippen LogP contribution in [0.15, 0.2) is 29.3 Å². The summed E-state index contributed by atoms with van der Waals surface area (Å²) < 4.78 is 5.74. The van der Waals surface area contributed by atoms with Crippen LogP contribution in [0.1, 0.15) is 33.3 Å². The molecule has 1 amide bonds. The van der Waals surface area contributed by atoms with Gasteiger partial charge in [0.1, 0.15) is 5.75 Å². The van der Waals surface area contributed by atoms with Crippen LogP contribution in [-0.2, 0) is 10.3 Å².